The summed E-state index contributed by atoms with van der Waals surface area (Å²) in [5.41, 5.74) is 3.59. The molecule has 118 valence electrons. The molecule has 3 heterocycles. The van der Waals surface area contributed by atoms with Crippen molar-refractivity contribution >= 4 is 11.2 Å². The number of imidazole rings is 1. The number of benzene rings is 1. The van der Waals surface area contributed by atoms with Crippen LogP contribution in [0.5, 0.6) is 0 Å². The van der Waals surface area contributed by atoms with Gasteiger partial charge in [0.25, 0.3) is 5.56 Å². The van der Waals surface area contributed by atoms with E-state index >= 15 is 0 Å². The van der Waals surface area contributed by atoms with Gasteiger partial charge in [0.2, 0.25) is 0 Å². The molecule has 0 radical (unpaired) electrons. The molecule has 24 heavy (non-hydrogen) atoms. The summed E-state index contributed by atoms with van der Waals surface area (Å²) in [6.07, 6.45) is 3.31. The van der Waals surface area contributed by atoms with Gasteiger partial charge in [0.05, 0.1) is 6.33 Å². The lowest BCUT2D eigenvalue weighted by atomic mass is 10.1. The van der Waals surface area contributed by atoms with Crippen molar-refractivity contribution in [1.82, 2.24) is 24.5 Å². The Morgan fingerprint density at radius 3 is 2.83 bits per heavy atom. The Morgan fingerprint density at radius 1 is 1.12 bits per heavy atom. The molecule has 0 aliphatic heterocycles. The number of nitrogens with one attached hydrogen (secondary N) is 1. The quantitative estimate of drug-likeness (QED) is 0.630. The van der Waals surface area contributed by atoms with Crippen LogP contribution in [-0.4, -0.2) is 24.5 Å². The van der Waals surface area contributed by atoms with Gasteiger partial charge in [-0.3, -0.25) is 9.78 Å². The highest BCUT2D eigenvalue weighted by Crippen LogP contribution is 2.14. The molecule has 0 fully saturated rings. The Balaban J connectivity index is 1.79. The van der Waals surface area contributed by atoms with Crippen molar-refractivity contribution in [2.24, 2.45) is 0 Å². The number of aromatic nitrogens is 5. The molecule has 3 aromatic heterocycles. The van der Waals surface area contributed by atoms with Crippen LogP contribution in [0, 0.1) is 6.92 Å². The molecule has 0 amide bonds. The molecule has 0 unspecified atom stereocenters. The third kappa shape index (κ3) is 2.58. The number of fused-ring (bicyclic) bond motifs is 1. The van der Waals surface area contributed by atoms with E-state index in [1.165, 1.54) is 5.56 Å². The highest BCUT2D eigenvalue weighted by molar-refractivity contribution is 5.72. The molecule has 0 aliphatic rings. The predicted octanol–water partition coefficient (Wildman–Crippen LogP) is 2.54. The lowest BCUT2D eigenvalue weighted by Gasteiger charge is -2.05. The molecular weight excluding hydrogens is 302 g/mol. The summed E-state index contributed by atoms with van der Waals surface area (Å²) < 4.78 is 1.82. The van der Waals surface area contributed by atoms with Crippen LogP contribution in [0.15, 0.2) is 59.8 Å². The third-order valence-electron chi connectivity index (χ3n) is 3.83. The van der Waals surface area contributed by atoms with Crippen LogP contribution < -0.4 is 5.56 Å². The first-order chi connectivity index (χ1) is 11.7. The highest BCUT2D eigenvalue weighted by Gasteiger charge is 2.12. The van der Waals surface area contributed by atoms with Crippen LogP contribution >= 0.6 is 0 Å². The van der Waals surface area contributed by atoms with E-state index in [0.717, 1.165) is 5.56 Å². The van der Waals surface area contributed by atoms with Gasteiger partial charge >= 0.3 is 0 Å². The zero-order valence-corrected chi connectivity index (χ0v) is 13.1. The van der Waals surface area contributed by atoms with Crippen LogP contribution in [0.2, 0.25) is 0 Å². The summed E-state index contributed by atoms with van der Waals surface area (Å²) in [6, 6.07) is 13.6. The van der Waals surface area contributed by atoms with E-state index in [1.54, 1.807) is 18.6 Å². The van der Waals surface area contributed by atoms with Gasteiger partial charge in [0.15, 0.2) is 17.0 Å². The minimum Gasteiger partial charge on any atom is -0.320 e. The number of pyridine rings is 1. The van der Waals surface area contributed by atoms with Crippen molar-refractivity contribution in [2.75, 3.05) is 0 Å². The van der Waals surface area contributed by atoms with Gasteiger partial charge in [0.1, 0.15) is 5.69 Å². The number of H-pyrrole nitrogens is 1. The Labute approximate surface area is 137 Å². The fourth-order valence-electron chi connectivity index (χ4n) is 2.74. The molecule has 4 aromatic rings. The molecule has 0 atom stereocenters. The van der Waals surface area contributed by atoms with Gasteiger partial charge in [-0.1, -0.05) is 35.9 Å². The molecule has 6 nitrogen and oxygen atoms in total. The lowest BCUT2D eigenvalue weighted by Crippen LogP contribution is -2.14. The van der Waals surface area contributed by atoms with Gasteiger partial charge in [-0.05, 0) is 24.6 Å². The average Bonchev–Trinajstić information content (AvgIpc) is 2.99. The second kappa shape index (κ2) is 5.73. The first-order valence-corrected chi connectivity index (χ1v) is 7.63. The van der Waals surface area contributed by atoms with E-state index in [-0.39, 0.29) is 5.56 Å². The molecule has 0 saturated heterocycles. The zero-order valence-electron chi connectivity index (χ0n) is 13.1. The number of hydrogen-bond donors (Lipinski definition) is 1. The van der Waals surface area contributed by atoms with Crippen molar-refractivity contribution in [2.45, 2.75) is 13.5 Å². The van der Waals surface area contributed by atoms with Crippen molar-refractivity contribution in [3.63, 3.8) is 0 Å². The van der Waals surface area contributed by atoms with Crippen molar-refractivity contribution in [1.29, 1.82) is 0 Å². The van der Waals surface area contributed by atoms with E-state index in [4.69, 9.17) is 0 Å². The maximum atomic E-state index is 12.5. The first kappa shape index (κ1) is 14.3. The standard InChI is InChI=1S/C18H15N5O/c1-12-5-4-6-13(9-12)10-23-11-20-17-15(23)18(24)22-16(21-17)14-7-2-3-8-19-14/h2-9,11H,10H2,1H3,(H,21,22,24). The van der Waals surface area contributed by atoms with Crippen LogP contribution in [-0.2, 0) is 6.54 Å². The topological polar surface area (TPSA) is 76.5 Å². The molecule has 0 spiro atoms. The predicted molar refractivity (Wildman–Crippen MR) is 91.7 cm³/mol. The lowest BCUT2D eigenvalue weighted by molar-refractivity contribution is 0.818. The molecular formula is C18H15N5O. The summed E-state index contributed by atoms with van der Waals surface area (Å²) in [6.45, 7) is 2.62. The van der Waals surface area contributed by atoms with E-state index in [1.807, 2.05) is 41.8 Å². The Hall–Kier alpha value is -3.28. The molecule has 1 N–H and O–H groups in total. The number of aromatic amines is 1. The van der Waals surface area contributed by atoms with Crippen LogP contribution in [0.4, 0.5) is 0 Å². The van der Waals surface area contributed by atoms with Gasteiger partial charge in [-0.2, -0.15) is 0 Å². The average molecular weight is 317 g/mol. The summed E-state index contributed by atoms with van der Waals surface area (Å²) in [5, 5.41) is 0. The summed E-state index contributed by atoms with van der Waals surface area (Å²) in [7, 11) is 0. The first-order valence-electron chi connectivity index (χ1n) is 7.63. The fourth-order valence-corrected chi connectivity index (χ4v) is 2.74. The fraction of sp³-hybridized carbons (Fsp3) is 0.111. The molecule has 1 aromatic carbocycles. The Morgan fingerprint density at radius 2 is 2.04 bits per heavy atom. The smallest absolute Gasteiger partial charge is 0.277 e. The molecule has 6 heteroatoms. The molecule has 0 saturated carbocycles. The second-order valence-electron chi connectivity index (χ2n) is 5.66. The number of aryl methyl sites for hydroxylation is 1. The molecule has 0 aliphatic carbocycles. The maximum Gasteiger partial charge on any atom is 0.277 e. The van der Waals surface area contributed by atoms with Gasteiger partial charge < -0.3 is 9.55 Å². The second-order valence-corrected chi connectivity index (χ2v) is 5.66. The SMILES string of the molecule is Cc1cccc(Cn2cnc3nc(-c4ccccn4)[nH]c(=O)c32)c1. The highest BCUT2D eigenvalue weighted by atomic mass is 16.1. The van der Waals surface area contributed by atoms with E-state index in [0.29, 0.717) is 29.2 Å². The minimum atomic E-state index is -0.217. The monoisotopic (exact) mass is 317 g/mol. The van der Waals surface area contributed by atoms with Crippen LogP contribution in [0.1, 0.15) is 11.1 Å². The van der Waals surface area contributed by atoms with Gasteiger partial charge in [-0.15, -0.1) is 0 Å². The zero-order chi connectivity index (χ0) is 16.5. The maximum absolute atomic E-state index is 12.5. The number of nitrogens with zero attached hydrogens (tertiary/aromatic N) is 4. The molecule has 0 bridgehead atoms. The third-order valence-corrected chi connectivity index (χ3v) is 3.83. The Kier molecular flexibility index (Phi) is 3.42. The number of hydrogen-bond acceptors (Lipinski definition) is 4. The van der Waals surface area contributed by atoms with Crippen LogP contribution in [0.25, 0.3) is 22.7 Å². The summed E-state index contributed by atoms with van der Waals surface area (Å²) in [5.74, 6) is 0.425. The normalized spacial score (nSPS) is 11.0. The van der Waals surface area contributed by atoms with Gasteiger partial charge in [0, 0.05) is 12.7 Å². The van der Waals surface area contributed by atoms with E-state index < -0.39 is 0 Å². The van der Waals surface area contributed by atoms with Crippen LogP contribution in [0.3, 0.4) is 0 Å². The van der Waals surface area contributed by atoms with Crippen molar-refractivity contribution in [3.8, 4) is 11.5 Å². The summed E-state index contributed by atoms with van der Waals surface area (Å²) in [4.78, 5) is 28.3. The largest absolute Gasteiger partial charge is 0.320 e. The van der Waals surface area contributed by atoms with E-state index in [9.17, 15) is 4.79 Å². The minimum absolute atomic E-state index is 0.217. The van der Waals surface area contributed by atoms with Crippen molar-refractivity contribution < 1.29 is 0 Å². The van der Waals surface area contributed by atoms with E-state index in [2.05, 4.69) is 26.0 Å². The summed E-state index contributed by atoms with van der Waals surface area (Å²) >= 11 is 0. The Bertz CT molecular complexity index is 1070. The number of rotatable bonds is 3. The molecule has 4 rings (SSSR count). The van der Waals surface area contributed by atoms with Crippen molar-refractivity contribution in [3.05, 3.63) is 76.5 Å². The van der Waals surface area contributed by atoms with Gasteiger partial charge in [-0.25, -0.2) is 9.97 Å².